The zero-order valence-corrected chi connectivity index (χ0v) is 18.0. The van der Waals surface area contributed by atoms with Crippen molar-refractivity contribution < 1.29 is 4.39 Å². The molecule has 0 aliphatic rings. The van der Waals surface area contributed by atoms with E-state index in [4.69, 9.17) is 0 Å². The number of hydrogen-bond donors (Lipinski definition) is 2. The molecule has 0 saturated heterocycles. The molecule has 1 atom stereocenters. The lowest BCUT2D eigenvalue weighted by Gasteiger charge is -2.21. The van der Waals surface area contributed by atoms with Crippen LogP contribution in [0.1, 0.15) is 44.7 Å². The highest BCUT2D eigenvalue weighted by molar-refractivity contribution is 5.79. The first-order valence-electron chi connectivity index (χ1n) is 10.0. The van der Waals surface area contributed by atoms with E-state index in [1.54, 1.807) is 13.1 Å². The molecule has 2 N–H and O–H groups in total. The predicted molar refractivity (Wildman–Crippen MR) is 114 cm³/mol. The standard InChI is InChI=1S/C21H38FN5/c1-7-27(8-2)13-9-10-17(3)25-21(23-4)24-15-18-11-12-20(22)19(14-18)16-26(5)6/h11-12,14,17H,7-10,13,15-16H2,1-6H3,(H2,23,24,25). The molecule has 0 fully saturated rings. The maximum atomic E-state index is 13.9. The van der Waals surface area contributed by atoms with Gasteiger partial charge in [-0.3, -0.25) is 4.99 Å². The summed E-state index contributed by atoms with van der Waals surface area (Å²) in [5, 5.41) is 6.77. The monoisotopic (exact) mass is 379 g/mol. The van der Waals surface area contributed by atoms with Crippen LogP contribution in [-0.4, -0.2) is 62.6 Å². The van der Waals surface area contributed by atoms with Crippen LogP contribution in [0.25, 0.3) is 0 Å². The molecule has 1 aromatic carbocycles. The number of rotatable bonds is 11. The average molecular weight is 380 g/mol. The predicted octanol–water partition coefficient (Wildman–Crippen LogP) is 3.06. The van der Waals surface area contributed by atoms with Gasteiger partial charge >= 0.3 is 0 Å². The summed E-state index contributed by atoms with van der Waals surface area (Å²) < 4.78 is 13.9. The summed E-state index contributed by atoms with van der Waals surface area (Å²) in [6.45, 7) is 11.1. The van der Waals surface area contributed by atoms with Gasteiger partial charge in [-0.15, -0.1) is 0 Å². The molecule has 0 spiro atoms. The lowest BCUT2D eigenvalue weighted by molar-refractivity contribution is 0.292. The Morgan fingerprint density at radius 2 is 1.93 bits per heavy atom. The molecule has 6 heteroatoms. The van der Waals surface area contributed by atoms with Crippen LogP contribution in [-0.2, 0) is 13.1 Å². The fourth-order valence-corrected chi connectivity index (χ4v) is 3.05. The number of nitrogens with zero attached hydrogens (tertiary/aromatic N) is 3. The van der Waals surface area contributed by atoms with Crippen LogP contribution < -0.4 is 10.6 Å². The van der Waals surface area contributed by atoms with Gasteiger partial charge in [-0.1, -0.05) is 19.9 Å². The summed E-state index contributed by atoms with van der Waals surface area (Å²) in [7, 11) is 5.66. The van der Waals surface area contributed by atoms with Crippen molar-refractivity contribution in [1.82, 2.24) is 20.4 Å². The van der Waals surface area contributed by atoms with E-state index >= 15 is 0 Å². The first-order valence-corrected chi connectivity index (χ1v) is 10.0. The molecule has 27 heavy (non-hydrogen) atoms. The Labute approximate surface area is 165 Å². The smallest absolute Gasteiger partial charge is 0.191 e. The van der Waals surface area contributed by atoms with Crippen molar-refractivity contribution in [1.29, 1.82) is 0 Å². The van der Waals surface area contributed by atoms with E-state index in [1.807, 2.05) is 31.1 Å². The van der Waals surface area contributed by atoms with Crippen molar-refractivity contribution in [2.45, 2.75) is 52.7 Å². The highest BCUT2D eigenvalue weighted by Gasteiger charge is 2.08. The quantitative estimate of drug-likeness (QED) is 0.458. The van der Waals surface area contributed by atoms with Crippen molar-refractivity contribution in [2.24, 2.45) is 4.99 Å². The molecule has 0 radical (unpaired) electrons. The number of benzene rings is 1. The van der Waals surface area contributed by atoms with Crippen LogP contribution in [0.3, 0.4) is 0 Å². The van der Waals surface area contributed by atoms with Crippen LogP contribution in [0.15, 0.2) is 23.2 Å². The van der Waals surface area contributed by atoms with E-state index < -0.39 is 0 Å². The second-order valence-corrected chi connectivity index (χ2v) is 7.30. The van der Waals surface area contributed by atoms with E-state index in [-0.39, 0.29) is 5.82 Å². The Morgan fingerprint density at radius 1 is 1.22 bits per heavy atom. The number of hydrogen-bond acceptors (Lipinski definition) is 3. The minimum Gasteiger partial charge on any atom is -0.354 e. The summed E-state index contributed by atoms with van der Waals surface area (Å²) in [5.41, 5.74) is 1.76. The summed E-state index contributed by atoms with van der Waals surface area (Å²) >= 11 is 0. The van der Waals surface area contributed by atoms with Crippen LogP contribution in [0, 0.1) is 5.82 Å². The zero-order chi connectivity index (χ0) is 20.2. The summed E-state index contributed by atoms with van der Waals surface area (Å²) in [6.07, 6.45) is 2.26. The maximum Gasteiger partial charge on any atom is 0.191 e. The number of halogens is 1. The highest BCUT2D eigenvalue weighted by atomic mass is 19.1. The Bertz CT molecular complexity index is 570. The third kappa shape index (κ3) is 9.20. The molecular formula is C21H38FN5. The van der Waals surface area contributed by atoms with Gasteiger partial charge in [0.15, 0.2) is 5.96 Å². The van der Waals surface area contributed by atoms with E-state index in [0.29, 0.717) is 24.7 Å². The SMILES string of the molecule is CCN(CC)CCCC(C)NC(=NC)NCc1ccc(F)c(CN(C)C)c1. The van der Waals surface area contributed by atoms with E-state index in [1.165, 1.54) is 6.42 Å². The normalized spacial score (nSPS) is 13.3. The molecule has 0 aliphatic carbocycles. The van der Waals surface area contributed by atoms with Gasteiger partial charge in [0.25, 0.3) is 0 Å². The molecule has 0 heterocycles. The first kappa shape index (κ1) is 23.4. The molecule has 154 valence electrons. The van der Waals surface area contributed by atoms with Gasteiger partial charge in [0.2, 0.25) is 0 Å². The van der Waals surface area contributed by atoms with Crippen molar-refractivity contribution in [3.63, 3.8) is 0 Å². The second kappa shape index (κ2) is 12.7. The van der Waals surface area contributed by atoms with Crippen LogP contribution in [0.4, 0.5) is 4.39 Å². The topological polar surface area (TPSA) is 42.9 Å². The Morgan fingerprint density at radius 3 is 2.52 bits per heavy atom. The fraction of sp³-hybridized carbons (Fsp3) is 0.667. The molecule has 0 bridgehead atoms. The van der Waals surface area contributed by atoms with E-state index in [9.17, 15) is 4.39 Å². The molecule has 5 nitrogen and oxygen atoms in total. The zero-order valence-electron chi connectivity index (χ0n) is 18.0. The van der Waals surface area contributed by atoms with Crippen molar-refractivity contribution in [3.8, 4) is 0 Å². The van der Waals surface area contributed by atoms with E-state index in [2.05, 4.69) is 41.3 Å². The Balaban J connectivity index is 2.48. The number of guanidine groups is 1. The summed E-state index contributed by atoms with van der Waals surface area (Å²) in [6, 6.07) is 5.64. The van der Waals surface area contributed by atoms with Gasteiger partial charge < -0.3 is 20.4 Å². The fourth-order valence-electron chi connectivity index (χ4n) is 3.05. The Kier molecular flexibility index (Phi) is 11.0. The van der Waals surface area contributed by atoms with Gasteiger partial charge in [0, 0.05) is 31.7 Å². The van der Waals surface area contributed by atoms with Gasteiger partial charge in [-0.05, 0) is 71.2 Å². The lowest BCUT2D eigenvalue weighted by atomic mass is 10.1. The molecule has 1 unspecified atom stereocenters. The number of nitrogens with one attached hydrogen (secondary N) is 2. The van der Waals surface area contributed by atoms with Crippen molar-refractivity contribution in [3.05, 3.63) is 35.1 Å². The minimum atomic E-state index is -0.156. The maximum absolute atomic E-state index is 13.9. The third-order valence-electron chi connectivity index (χ3n) is 4.67. The largest absolute Gasteiger partial charge is 0.354 e. The molecule has 0 amide bonds. The van der Waals surface area contributed by atoms with E-state index in [0.717, 1.165) is 37.6 Å². The third-order valence-corrected chi connectivity index (χ3v) is 4.67. The van der Waals surface area contributed by atoms with Crippen molar-refractivity contribution in [2.75, 3.05) is 40.8 Å². The van der Waals surface area contributed by atoms with Gasteiger partial charge in [0.05, 0.1) is 0 Å². The average Bonchev–Trinajstić information content (AvgIpc) is 2.64. The molecule has 0 aliphatic heterocycles. The van der Waals surface area contributed by atoms with Gasteiger partial charge in [-0.2, -0.15) is 0 Å². The summed E-state index contributed by atoms with van der Waals surface area (Å²) in [4.78, 5) is 8.72. The van der Waals surface area contributed by atoms with Gasteiger partial charge in [-0.25, -0.2) is 4.39 Å². The highest BCUT2D eigenvalue weighted by Crippen LogP contribution is 2.12. The first-order chi connectivity index (χ1) is 12.9. The van der Waals surface area contributed by atoms with Gasteiger partial charge in [0.1, 0.15) is 5.82 Å². The van der Waals surface area contributed by atoms with Crippen LogP contribution >= 0.6 is 0 Å². The molecule has 0 aromatic heterocycles. The Hall–Kier alpha value is -1.66. The number of aliphatic imine (C=N–C) groups is 1. The molecule has 1 rings (SSSR count). The molecule has 1 aromatic rings. The minimum absolute atomic E-state index is 0.156. The van der Waals surface area contributed by atoms with Crippen molar-refractivity contribution >= 4 is 5.96 Å². The van der Waals surface area contributed by atoms with Crippen LogP contribution in [0.5, 0.6) is 0 Å². The van der Waals surface area contributed by atoms with Crippen LogP contribution in [0.2, 0.25) is 0 Å². The molecular weight excluding hydrogens is 341 g/mol. The second-order valence-electron chi connectivity index (χ2n) is 7.30. The summed E-state index contributed by atoms with van der Waals surface area (Å²) in [5.74, 6) is 0.626. The molecule has 0 saturated carbocycles. The lowest BCUT2D eigenvalue weighted by Crippen LogP contribution is -2.42.